The largest absolute Gasteiger partial charge is 0.454 e. The summed E-state index contributed by atoms with van der Waals surface area (Å²) < 4.78 is 10.3. The molecule has 0 spiro atoms. The van der Waals surface area contributed by atoms with Crippen LogP contribution in [0.25, 0.3) is 0 Å². The van der Waals surface area contributed by atoms with Gasteiger partial charge < -0.3 is 9.47 Å². The maximum absolute atomic E-state index is 12.0. The van der Waals surface area contributed by atoms with Gasteiger partial charge in [-0.25, -0.2) is 5.43 Å². The standard InChI is InChI=1S/C15H9Cl2N3O5/c16-10-2-1-8(3-11(10)17)15(21)19-18-6-9-4-13-14(25-7-24-13)5-12(9)20(22)23/h1-6H,7H2,(H,19,21). The Kier molecular flexibility index (Phi) is 4.73. The molecule has 0 radical (unpaired) electrons. The van der Waals surface area contributed by atoms with Crippen LogP contribution in [-0.4, -0.2) is 23.8 Å². The van der Waals surface area contributed by atoms with E-state index in [1.807, 2.05) is 0 Å². The van der Waals surface area contributed by atoms with Crippen molar-refractivity contribution in [1.82, 2.24) is 5.43 Å². The highest BCUT2D eigenvalue weighted by molar-refractivity contribution is 6.42. The van der Waals surface area contributed by atoms with Gasteiger partial charge in [-0.2, -0.15) is 5.10 Å². The van der Waals surface area contributed by atoms with E-state index in [-0.39, 0.29) is 34.4 Å². The summed E-state index contributed by atoms with van der Waals surface area (Å²) in [5.74, 6) is 0.102. The molecule has 0 saturated carbocycles. The number of nitro groups is 1. The number of halogens is 2. The van der Waals surface area contributed by atoms with Crippen LogP contribution in [0.15, 0.2) is 35.4 Å². The summed E-state index contributed by atoms with van der Waals surface area (Å²) in [6.45, 7) is -0.0128. The molecule has 2 aromatic rings. The van der Waals surface area contributed by atoms with Crippen molar-refractivity contribution >= 4 is 41.0 Å². The fourth-order valence-electron chi connectivity index (χ4n) is 2.07. The Balaban J connectivity index is 1.79. The molecule has 1 N–H and O–H groups in total. The van der Waals surface area contributed by atoms with Crippen molar-refractivity contribution in [1.29, 1.82) is 0 Å². The number of benzene rings is 2. The molecule has 1 aliphatic heterocycles. The van der Waals surface area contributed by atoms with Gasteiger partial charge in [0, 0.05) is 5.56 Å². The Morgan fingerprint density at radius 1 is 1.20 bits per heavy atom. The van der Waals surface area contributed by atoms with Crippen LogP contribution < -0.4 is 14.9 Å². The van der Waals surface area contributed by atoms with Crippen LogP contribution in [0.4, 0.5) is 5.69 Å². The Bertz CT molecular complexity index is 901. The monoisotopic (exact) mass is 381 g/mol. The normalized spacial score (nSPS) is 12.4. The molecule has 1 aliphatic rings. The summed E-state index contributed by atoms with van der Waals surface area (Å²) in [6, 6.07) is 6.99. The molecule has 3 rings (SSSR count). The first-order valence-corrected chi connectivity index (χ1v) is 7.58. The molecule has 1 amide bonds. The van der Waals surface area contributed by atoms with Crippen molar-refractivity contribution in [2.24, 2.45) is 5.10 Å². The lowest BCUT2D eigenvalue weighted by atomic mass is 10.1. The number of ether oxygens (including phenoxy) is 2. The van der Waals surface area contributed by atoms with Gasteiger partial charge in [-0.15, -0.1) is 0 Å². The molecule has 8 nitrogen and oxygen atoms in total. The van der Waals surface area contributed by atoms with E-state index >= 15 is 0 Å². The zero-order valence-corrected chi connectivity index (χ0v) is 13.9. The van der Waals surface area contributed by atoms with Crippen LogP contribution >= 0.6 is 23.2 Å². The molecule has 0 unspecified atom stereocenters. The molecule has 2 aromatic carbocycles. The molecular formula is C15H9Cl2N3O5. The lowest BCUT2D eigenvalue weighted by molar-refractivity contribution is -0.385. The first-order valence-electron chi connectivity index (χ1n) is 6.82. The number of hydrogen-bond acceptors (Lipinski definition) is 6. The predicted molar refractivity (Wildman–Crippen MR) is 90.7 cm³/mol. The van der Waals surface area contributed by atoms with Crippen molar-refractivity contribution in [3.8, 4) is 11.5 Å². The number of nitrogens with zero attached hydrogens (tertiary/aromatic N) is 2. The van der Waals surface area contributed by atoms with E-state index in [0.29, 0.717) is 10.8 Å². The Hall–Kier alpha value is -2.84. The first kappa shape index (κ1) is 17.0. The molecule has 1 heterocycles. The molecule has 25 heavy (non-hydrogen) atoms. The van der Waals surface area contributed by atoms with Crippen molar-refractivity contribution in [2.45, 2.75) is 0 Å². The molecule has 128 valence electrons. The number of nitro benzene ring substituents is 1. The summed E-state index contributed by atoms with van der Waals surface area (Å²) in [4.78, 5) is 22.6. The molecular weight excluding hydrogens is 373 g/mol. The van der Waals surface area contributed by atoms with E-state index in [9.17, 15) is 14.9 Å². The second-order valence-electron chi connectivity index (χ2n) is 4.85. The van der Waals surface area contributed by atoms with Crippen LogP contribution in [0.1, 0.15) is 15.9 Å². The molecule has 0 atom stereocenters. The van der Waals surface area contributed by atoms with Crippen LogP contribution in [0, 0.1) is 10.1 Å². The molecule has 0 bridgehead atoms. The van der Waals surface area contributed by atoms with Gasteiger partial charge >= 0.3 is 0 Å². The van der Waals surface area contributed by atoms with Gasteiger partial charge in [-0.3, -0.25) is 14.9 Å². The molecule has 0 saturated heterocycles. The van der Waals surface area contributed by atoms with E-state index < -0.39 is 10.8 Å². The highest BCUT2D eigenvalue weighted by Gasteiger charge is 2.22. The summed E-state index contributed by atoms with van der Waals surface area (Å²) in [5.41, 5.74) is 2.44. The smallest absolute Gasteiger partial charge is 0.282 e. The SMILES string of the molecule is O=C(NN=Cc1cc2c(cc1[N+](=O)[O-])OCO2)c1ccc(Cl)c(Cl)c1. The number of carbonyl (C=O) groups is 1. The van der Waals surface area contributed by atoms with E-state index in [2.05, 4.69) is 10.5 Å². The van der Waals surface area contributed by atoms with Crippen LogP contribution in [0.2, 0.25) is 10.0 Å². The molecule has 0 aliphatic carbocycles. The highest BCUT2D eigenvalue weighted by atomic mass is 35.5. The lowest BCUT2D eigenvalue weighted by Crippen LogP contribution is -2.17. The Morgan fingerprint density at radius 2 is 1.92 bits per heavy atom. The van der Waals surface area contributed by atoms with Crippen LogP contribution in [0.3, 0.4) is 0 Å². The van der Waals surface area contributed by atoms with E-state index in [1.54, 1.807) is 0 Å². The number of hydrazone groups is 1. The number of nitrogens with one attached hydrogen (secondary N) is 1. The molecule has 0 aromatic heterocycles. The topological polar surface area (TPSA) is 103 Å². The van der Waals surface area contributed by atoms with Crippen LogP contribution in [-0.2, 0) is 0 Å². The number of rotatable bonds is 4. The second-order valence-corrected chi connectivity index (χ2v) is 5.66. The Morgan fingerprint density at radius 3 is 2.60 bits per heavy atom. The lowest BCUT2D eigenvalue weighted by Gasteiger charge is -2.02. The van der Waals surface area contributed by atoms with E-state index in [4.69, 9.17) is 32.7 Å². The minimum absolute atomic E-state index is 0.0128. The van der Waals surface area contributed by atoms with Crippen molar-refractivity contribution in [2.75, 3.05) is 6.79 Å². The Labute approximate surface area is 151 Å². The second kappa shape index (κ2) is 6.96. The minimum Gasteiger partial charge on any atom is -0.454 e. The number of hydrogen-bond donors (Lipinski definition) is 1. The fraction of sp³-hybridized carbons (Fsp3) is 0.0667. The van der Waals surface area contributed by atoms with Gasteiger partial charge in [0.1, 0.15) is 0 Å². The number of amides is 1. The maximum atomic E-state index is 12.0. The number of carbonyl (C=O) groups excluding carboxylic acids is 1. The van der Waals surface area contributed by atoms with Gasteiger partial charge in [-0.05, 0) is 24.3 Å². The van der Waals surface area contributed by atoms with Gasteiger partial charge in [-0.1, -0.05) is 23.2 Å². The van der Waals surface area contributed by atoms with Gasteiger partial charge in [0.25, 0.3) is 11.6 Å². The zero-order chi connectivity index (χ0) is 18.0. The average Bonchev–Trinajstić information content (AvgIpc) is 3.03. The number of fused-ring (bicyclic) bond motifs is 1. The minimum atomic E-state index is -0.579. The van der Waals surface area contributed by atoms with Gasteiger partial charge in [0.2, 0.25) is 6.79 Å². The fourth-order valence-corrected chi connectivity index (χ4v) is 2.37. The van der Waals surface area contributed by atoms with E-state index in [0.717, 1.165) is 6.21 Å². The first-order chi connectivity index (χ1) is 12.0. The van der Waals surface area contributed by atoms with E-state index in [1.165, 1.54) is 30.3 Å². The molecule has 10 heteroatoms. The maximum Gasteiger partial charge on any atom is 0.282 e. The predicted octanol–water partition coefficient (Wildman–Crippen LogP) is 3.39. The molecule has 0 fully saturated rings. The summed E-state index contributed by atoms with van der Waals surface area (Å²) >= 11 is 11.6. The zero-order valence-electron chi connectivity index (χ0n) is 12.4. The van der Waals surface area contributed by atoms with Gasteiger partial charge in [0.05, 0.1) is 32.8 Å². The highest BCUT2D eigenvalue weighted by Crippen LogP contribution is 2.37. The van der Waals surface area contributed by atoms with Crippen molar-refractivity contribution in [3.63, 3.8) is 0 Å². The van der Waals surface area contributed by atoms with Gasteiger partial charge in [0.15, 0.2) is 11.5 Å². The van der Waals surface area contributed by atoms with Crippen LogP contribution in [0.5, 0.6) is 11.5 Å². The third-order valence-electron chi connectivity index (χ3n) is 3.27. The summed E-state index contributed by atoms with van der Waals surface area (Å²) in [5, 5.41) is 15.4. The summed E-state index contributed by atoms with van der Waals surface area (Å²) in [6.07, 6.45) is 1.15. The van der Waals surface area contributed by atoms with Crippen molar-refractivity contribution in [3.05, 3.63) is 61.6 Å². The quantitative estimate of drug-likeness (QED) is 0.496. The van der Waals surface area contributed by atoms with Crippen molar-refractivity contribution < 1.29 is 19.2 Å². The third-order valence-corrected chi connectivity index (χ3v) is 4.01. The summed E-state index contributed by atoms with van der Waals surface area (Å²) in [7, 11) is 0. The third kappa shape index (κ3) is 3.65. The average molecular weight is 382 g/mol.